The lowest BCUT2D eigenvalue weighted by Crippen LogP contribution is -2.20. The van der Waals surface area contributed by atoms with Gasteiger partial charge in [0.1, 0.15) is 0 Å². The van der Waals surface area contributed by atoms with E-state index in [1.807, 2.05) is 0 Å². The summed E-state index contributed by atoms with van der Waals surface area (Å²) in [6.45, 7) is 8.74. The van der Waals surface area contributed by atoms with E-state index in [9.17, 15) is 0 Å². The van der Waals surface area contributed by atoms with E-state index in [4.69, 9.17) is 0 Å². The fourth-order valence-corrected chi connectivity index (χ4v) is 1.31. The van der Waals surface area contributed by atoms with E-state index < -0.39 is 0 Å². The van der Waals surface area contributed by atoms with Gasteiger partial charge in [-0.1, -0.05) is 50.1 Å². The molecule has 0 spiro atoms. The second kappa shape index (κ2) is 5.82. The number of hydrogen-bond donors (Lipinski definition) is 1. The second-order valence-corrected chi connectivity index (χ2v) is 4.13. The van der Waals surface area contributed by atoms with Gasteiger partial charge in [-0.25, -0.2) is 0 Å². The summed E-state index contributed by atoms with van der Waals surface area (Å²) in [4.78, 5) is 0. The van der Waals surface area contributed by atoms with Crippen LogP contribution in [0.15, 0.2) is 24.3 Å². The highest BCUT2D eigenvalue weighted by molar-refractivity contribution is 5.20. The van der Waals surface area contributed by atoms with Crippen molar-refractivity contribution in [1.82, 2.24) is 5.32 Å². The molecule has 0 heterocycles. The molecule has 0 fully saturated rings. The van der Waals surface area contributed by atoms with Crippen LogP contribution in [0.4, 0.5) is 0 Å². The van der Waals surface area contributed by atoms with Crippen molar-refractivity contribution >= 4 is 0 Å². The number of hydrogen-bond acceptors (Lipinski definition) is 1. The van der Waals surface area contributed by atoms with Crippen molar-refractivity contribution in [1.29, 1.82) is 0 Å². The van der Waals surface area contributed by atoms with Crippen LogP contribution < -0.4 is 5.32 Å². The van der Waals surface area contributed by atoms with Gasteiger partial charge in [0.2, 0.25) is 0 Å². The van der Waals surface area contributed by atoms with Gasteiger partial charge in [0.05, 0.1) is 0 Å². The Hall–Kier alpha value is -0.820. The summed E-state index contributed by atoms with van der Waals surface area (Å²) in [5.41, 5.74) is 2.70. The highest BCUT2D eigenvalue weighted by Crippen LogP contribution is 2.03. The Morgan fingerprint density at radius 1 is 1.21 bits per heavy atom. The molecule has 1 atom stereocenters. The van der Waals surface area contributed by atoms with Crippen molar-refractivity contribution < 1.29 is 0 Å². The first-order valence-corrected chi connectivity index (χ1v) is 5.48. The molecule has 0 aliphatic carbocycles. The molecule has 0 unspecified atom stereocenters. The zero-order valence-electron chi connectivity index (χ0n) is 9.51. The standard InChI is InChI=1S/C13H21N/c1-4-11(2)9-14-10-13-7-5-12(3)6-8-13/h5-8,11,14H,4,9-10H2,1-3H3/t11-/m1/s1. The lowest BCUT2D eigenvalue weighted by Gasteiger charge is -2.09. The molecule has 14 heavy (non-hydrogen) atoms. The summed E-state index contributed by atoms with van der Waals surface area (Å²) in [6, 6.07) is 8.72. The van der Waals surface area contributed by atoms with Crippen molar-refractivity contribution in [3.63, 3.8) is 0 Å². The van der Waals surface area contributed by atoms with Crippen LogP contribution in [0.25, 0.3) is 0 Å². The molecule has 0 aliphatic heterocycles. The number of rotatable bonds is 5. The van der Waals surface area contributed by atoms with E-state index in [-0.39, 0.29) is 0 Å². The van der Waals surface area contributed by atoms with Crippen molar-refractivity contribution in [2.75, 3.05) is 6.54 Å². The molecule has 1 N–H and O–H groups in total. The van der Waals surface area contributed by atoms with Gasteiger partial charge in [-0.3, -0.25) is 0 Å². The molecule has 0 amide bonds. The van der Waals surface area contributed by atoms with Crippen LogP contribution in [0.2, 0.25) is 0 Å². The average molecular weight is 191 g/mol. The average Bonchev–Trinajstić information content (AvgIpc) is 2.21. The van der Waals surface area contributed by atoms with Gasteiger partial charge in [0.25, 0.3) is 0 Å². The topological polar surface area (TPSA) is 12.0 Å². The lowest BCUT2D eigenvalue weighted by molar-refractivity contribution is 0.500. The van der Waals surface area contributed by atoms with Gasteiger partial charge in [0, 0.05) is 6.54 Å². The molecule has 0 aliphatic rings. The predicted octanol–water partition coefficient (Wildman–Crippen LogP) is 3.13. The molecule has 0 saturated carbocycles. The molecule has 1 nitrogen and oxygen atoms in total. The van der Waals surface area contributed by atoms with Gasteiger partial charge in [-0.15, -0.1) is 0 Å². The predicted molar refractivity (Wildman–Crippen MR) is 62.3 cm³/mol. The molecule has 1 aromatic carbocycles. The first-order chi connectivity index (χ1) is 6.72. The molecule has 1 rings (SSSR count). The fraction of sp³-hybridized carbons (Fsp3) is 0.538. The quantitative estimate of drug-likeness (QED) is 0.754. The van der Waals surface area contributed by atoms with E-state index in [0.29, 0.717) is 0 Å². The third kappa shape index (κ3) is 3.93. The summed E-state index contributed by atoms with van der Waals surface area (Å²) in [7, 11) is 0. The molecule has 1 aromatic rings. The molecular formula is C13H21N. The van der Waals surface area contributed by atoms with E-state index in [1.165, 1.54) is 17.5 Å². The van der Waals surface area contributed by atoms with Gasteiger partial charge in [-0.05, 0) is 24.9 Å². The Morgan fingerprint density at radius 3 is 2.43 bits per heavy atom. The number of aryl methyl sites for hydroxylation is 1. The van der Waals surface area contributed by atoms with Crippen molar-refractivity contribution in [2.24, 2.45) is 5.92 Å². The smallest absolute Gasteiger partial charge is 0.0205 e. The van der Waals surface area contributed by atoms with Crippen molar-refractivity contribution in [3.8, 4) is 0 Å². The van der Waals surface area contributed by atoms with Gasteiger partial charge >= 0.3 is 0 Å². The Labute approximate surface area is 87.5 Å². The summed E-state index contributed by atoms with van der Waals surface area (Å²) in [6.07, 6.45) is 1.25. The third-order valence-corrected chi connectivity index (χ3v) is 2.64. The molecule has 0 radical (unpaired) electrons. The maximum Gasteiger partial charge on any atom is 0.0205 e. The Balaban J connectivity index is 2.28. The van der Waals surface area contributed by atoms with E-state index in [2.05, 4.69) is 50.4 Å². The highest BCUT2D eigenvalue weighted by Gasteiger charge is 1.97. The first-order valence-electron chi connectivity index (χ1n) is 5.48. The maximum absolute atomic E-state index is 3.47. The van der Waals surface area contributed by atoms with Gasteiger partial charge in [-0.2, -0.15) is 0 Å². The van der Waals surface area contributed by atoms with E-state index in [1.54, 1.807) is 0 Å². The third-order valence-electron chi connectivity index (χ3n) is 2.64. The molecule has 78 valence electrons. The summed E-state index contributed by atoms with van der Waals surface area (Å²) < 4.78 is 0. The minimum absolute atomic E-state index is 0.778. The monoisotopic (exact) mass is 191 g/mol. The van der Waals surface area contributed by atoms with Gasteiger partial charge in [0.15, 0.2) is 0 Å². The second-order valence-electron chi connectivity index (χ2n) is 4.13. The zero-order chi connectivity index (χ0) is 10.4. The van der Waals surface area contributed by atoms with Crippen LogP contribution in [0.5, 0.6) is 0 Å². The lowest BCUT2D eigenvalue weighted by atomic mass is 10.1. The molecule has 0 aromatic heterocycles. The molecule has 0 saturated heterocycles. The zero-order valence-corrected chi connectivity index (χ0v) is 9.51. The fourth-order valence-electron chi connectivity index (χ4n) is 1.31. The van der Waals surface area contributed by atoms with Crippen LogP contribution in [0.1, 0.15) is 31.4 Å². The van der Waals surface area contributed by atoms with Crippen LogP contribution >= 0.6 is 0 Å². The Kier molecular flexibility index (Phi) is 4.68. The SMILES string of the molecule is CC[C@@H](C)CNCc1ccc(C)cc1. The van der Waals surface area contributed by atoms with Crippen LogP contribution in [0.3, 0.4) is 0 Å². The first kappa shape index (κ1) is 11.3. The van der Waals surface area contributed by atoms with Gasteiger partial charge < -0.3 is 5.32 Å². The van der Waals surface area contributed by atoms with E-state index >= 15 is 0 Å². The summed E-state index contributed by atoms with van der Waals surface area (Å²) >= 11 is 0. The van der Waals surface area contributed by atoms with Crippen LogP contribution in [-0.4, -0.2) is 6.54 Å². The summed E-state index contributed by atoms with van der Waals surface area (Å²) in [5, 5.41) is 3.47. The molecular weight excluding hydrogens is 170 g/mol. The minimum Gasteiger partial charge on any atom is -0.312 e. The number of benzene rings is 1. The van der Waals surface area contributed by atoms with Crippen LogP contribution in [0, 0.1) is 12.8 Å². The highest BCUT2D eigenvalue weighted by atomic mass is 14.8. The minimum atomic E-state index is 0.778. The van der Waals surface area contributed by atoms with Crippen molar-refractivity contribution in [2.45, 2.75) is 33.7 Å². The molecule has 0 bridgehead atoms. The largest absolute Gasteiger partial charge is 0.312 e. The summed E-state index contributed by atoms with van der Waals surface area (Å²) in [5.74, 6) is 0.778. The van der Waals surface area contributed by atoms with Crippen molar-refractivity contribution in [3.05, 3.63) is 35.4 Å². The Bertz CT molecular complexity index is 250. The maximum atomic E-state index is 3.47. The molecule has 1 heteroatoms. The Morgan fingerprint density at radius 2 is 1.86 bits per heavy atom. The van der Waals surface area contributed by atoms with Crippen LogP contribution in [-0.2, 0) is 6.54 Å². The van der Waals surface area contributed by atoms with E-state index in [0.717, 1.165) is 19.0 Å². The normalized spacial score (nSPS) is 12.8. The number of nitrogens with one attached hydrogen (secondary N) is 1.